The van der Waals surface area contributed by atoms with Crippen molar-refractivity contribution in [2.24, 2.45) is 10.9 Å². The van der Waals surface area contributed by atoms with Gasteiger partial charge in [-0.05, 0) is 38.0 Å². The van der Waals surface area contributed by atoms with Gasteiger partial charge < -0.3 is 15.4 Å². The van der Waals surface area contributed by atoms with E-state index in [9.17, 15) is 0 Å². The standard InChI is InChI=1S/C15H29N3O/c1-16-15(18-12-13-8-9-13)17-10-5-11-19-14-6-3-2-4-7-14/h13-14H,2-12H2,1H3,(H2,16,17,18). The van der Waals surface area contributed by atoms with E-state index in [0.29, 0.717) is 6.10 Å². The third-order valence-corrected chi connectivity index (χ3v) is 4.00. The monoisotopic (exact) mass is 267 g/mol. The predicted octanol–water partition coefficient (Wildman–Crippen LogP) is 2.30. The summed E-state index contributed by atoms with van der Waals surface area (Å²) in [4.78, 5) is 4.23. The molecule has 0 heterocycles. The van der Waals surface area contributed by atoms with Gasteiger partial charge in [0.05, 0.1) is 6.10 Å². The molecular formula is C15H29N3O. The fraction of sp³-hybridized carbons (Fsp3) is 0.933. The number of ether oxygens (including phenoxy) is 1. The van der Waals surface area contributed by atoms with Gasteiger partial charge in [-0.2, -0.15) is 0 Å². The van der Waals surface area contributed by atoms with Gasteiger partial charge in [0, 0.05) is 26.7 Å². The SMILES string of the molecule is CN=C(NCCCOC1CCCCC1)NCC1CC1. The van der Waals surface area contributed by atoms with Gasteiger partial charge in [-0.25, -0.2) is 0 Å². The van der Waals surface area contributed by atoms with Crippen molar-refractivity contribution in [2.75, 3.05) is 26.7 Å². The summed E-state index contributed by atoms with van der Waals surface area (Å²) >= 11 is 0. The lowest BCUT2D eigenvalue weighted by Gasteiger charge is -2.22. The highest BCUT2D eigenvalue weighted by Gasteiger charge is 2.20. The first-order valence-electron chi connectivity index (χ1n) is 7.94. The zero-order valence-corrected chi connectivity index (χ0v) is 12.3. The summed E-state index contributed by atoms with van der Waals surface area (Å²) in [6.45, 7) is 2.88. The number of rotatable bonds is 7. The molecule has 2 aliphatic rings. The van der Waals surface area contributed by atoms with Crippen molar-refractivity contribution in [3.05, 3.63) is 0 Å². The van der Waals surface area contributed by atoms with E-state index in [4.69, 9.17) is 4.74 Å². The highest BCUT2D eigenvalue weighted by Crippen LogP contribution is 2.27. The molecule has 4 nitrogen and oxygen atoms in total. The fourth-order valence-electron chi connectivity index (χ4n) is 2.54. The topological polar surface area (TPSA) is 45.7 Å². The average Bonchev–Trinajstić information content (AvgIpc) is 3.27. The van der Waals surface area contributed by atoms with Gasteiger partial charge in [-0.15, -0.1) is 0 Å². The van der Waals surface area contributed by atoms with Gasteiger partial charge in [0.2, 0.25) is 0 Å². The van der Waals surface area contributed by atoms with E-state index in [-0.39, 0.29) is 0 Å². The van der Waals surface area contributed by atoms with E-state index < -0.39 is 0 Å². The molecule has 0 aromatic heterocycles. The summed E-state index contributed by atoms with van der Waals surface area (Å²) in [5.74, 6) is 1.82. The van der Waals surface area contributed by atoms with Crippen molar-refractivity contribution >= 4 is 5.96 Å². The smallest absolute Gasteiger partial charge is 0.190 e. The lowest BCUT2D eigenvalue weighted by atomic mass is 9.98. The molecule has 0 bridgehead atoms. The van der Waals surface area contributed by atoms with Gasteiger partial charge in [0.1, 0.15) is 0 Å². The Labute approximate surface area is 117 Å². The molecule has 0 spiro atoms. The molecule has 110 valence electrons. The Kier molecular flexibility index (Phi) is 6.48. The number of aliphatic imine (C=N–C) groups is 1. The van der Waals surface area contributed by atoms with Crippen molar-refractivity contribution in [3.63, 3.8) is 0 Å². The molecule has 0 radical (unpaired) electrons. The number of hydrogen-bond acceptors (Lipinski definition) is 2. The third-order valence-electron chi connectivity index (χ3n) is 4.00. The zero-order chi connectivity index (χ0) is 13.3. The molecule has 0 aliphatic heterocycles. The Balaban J connectivity index is 1.45. The van der Waals surface area contributed by atoms with E-state index in [1.807, 2.05) is 7.05 Å². The largest absolute Gasteiger partial charge is 0.378 e. The lowest BCUT2D eigenvalue weighted by Crippen LogP contribution is -2.39. The van der Waals surface area contributed by atoms with Crippen molar-refractivity contribution in [1.29, 1.82) is 0 Å². The van der Waals surface area contributed by atoms with Crippen LogP contribution in [0.2, 0.25) is 0 Å². The lowest BCUT2D eigenvalue weighted by molar-refractivity contribution is 0.0277. The zero-order valence-electron chi connectivity index (χ0n) is 12.3. The maximum absolute atomic E-state index is 5.91. The van der Waals surface area contributed by atoms with Crippen LogP contribution in [0.4, 0.5) is 0 Å². The van der Waals surface area contributed by atoms with E-state index in [2.05, 4.69) is 15.6 Å². The first-order chi connectivity index (χ1) is 9.38. The minimum Gasteiger partial charge on any atom is -0.378 e. The fourth-order valence-corrected chi connectivity index (χ4v) is 2.54. The third kappa shape index (κ3) is 6.28. The van der Waals surface area contributed by atoms with E-state index >= 15 is 0 Å². The number of guanidine groups is 1. The second-order valence-corrected chi connectivity index (χ2v) is 5.81. The summed E-state index contributed by atoms with van der Waals surface area (Å²) in [7, 11) is 1.83. The molecular weight excluding hydrogens is 238 g/mol. The maximum Gasteiger partial charge on any atom is 0.190 e. The Morgan fingerprint density at radius 1 is 1.11 bits per heavy atom. The molecule has 0 unspecified atom stereocenters. The normalized spacial score (nSPS) is 21.4. The van der Waals surface area contributed by atoms with Gasteiger partial charge in [-0.3, -0.25) is 4.99 Å². The van der Waals surface area contributed by atoms with Crippen molar-refractivity contribution in [2.45, 2.75) is 57.5 Å². The summed E-state index contributed by atoms with van der Waals surface area (Å²) in [6, 6.07) is 0. The molecule has 4 heteroatoms. The summed E-state index contributed by atoms with van der Waals surface area (Å²) < 4.78 is 5.91. The molecule has 0 saturated heterocycles. The van der Waals surface area contributed by atoms with Gasteiger partial charge in [0.25, 0.3) is 0 Å². The maximum atomic E-state index is 5.91. The average molecular weight is 267 g/mol. The van der Waals surface area contributed by atoms with Crippen LogP contribution in [0, 0.1) is 5.92 Å². The molecule has 2 fully saturated rings. The number of nitrogens with zero attached hydrogens (tertiary/aromatic N) is 1. The van der Waals surface area contributed by atoms with Crippen LogP contribution < -0.4 is 10.6 Å². The van der Waals surface area contributed by atoms with Crippen LogP contribution in [0.3, 0.4) is 0 Å². The molecule has 19 heavy (non-hydrogen) atoms. The first-order valence-corrected chi connectivity index (χ1v) is 7.94. The van der Waals surface area contributed by atoms with Crippen LogP contribution in [-0.4, -0.2) is 38.8 Å². The van der Waals surface area contributed by atoms with Crippen LogP contribution >= 0.6 is 0 Å². The van der Waals surface area contributed by atoms with Gasteiger partial charge in [-0.1, -0.05) is 19.3 Å². The molecule has 0 aromatic carbocycles. The highest BCUT2D eigenvalue weighted by molar-refractivity contribution is 5.79. The highest BCUT2D eigenvalue weighted by atomic mass is 16.5. The minimum atomic E-state index is 0.529. The first kappa shape index (κ1) is 14.6. The predicted molar refractivity (Wildman–Crippen MR) is 79.5 cm³/mol. The molecule has 2 aliphatic carbocycles. The van der Waals surface area contributed by atoms with Crippen molar-refractivity contribution in [3.8, 4) is 0 Å². The van der Waals surface area contributed by atoms with Crippen LogP contribution in [0.15, 0.2) is 4.99 Å². The van der Waals surface area contributed by atoms with E-state index in [1.54, 1.807) is 0 Å². The summed E-state index contributed by atoms with van der Waals surface area (Å²) in [6.07, 6.45) is 10.9. The van der Waals surface area contributed by atoms with E-state index in [0.717, 1.165) is 38.0 Å². The molecule has 2 N–H and O–H groups in total. The molecule has 0 amide bonds. The Morgan fingerprint density at radius 3 is 2.58 bits per heavy atom. The second-order valence-electron chi connectivity index (χ2n) is 5.81. The van der Waals surface area contributed by atoms with Gasteiger partial charge >= 0.3 is 0 Å². The minimum absolute atomic E-state index is 0.529. The molecule has 0 atom stereocenters. The summed E-state index contributed by atoms with van der Waals surface area (Å²) in [5.41, 5.74) is 0. The van der Waals surface area contributed by atoms with Crippen LogP contribution in [0.25, 0.3) is 0 Å². The van der Waals surface area contributed by atoms with Crippen molar-refractivity contribution in [1.82, 2.24) is 10.6 Å². The van der Waals surface area contributed by atoms with E-state index in [1.165, 1.54) is 44.9 Å². The number of hydrogen-bond donors (Lipinski definition) is 2. The Morgan fingerprint density at radius 2 is 1.89 bits per heavy atom. The Hall–Kier alpha value is -0.770. The Bertz CT molecular complexity index is 271. The van der Waals surface area contributed by atoms with Crippen LogP contribution in [0.1, 0.15) is 51.4 Å². The second kappa shape index (κ2) is 8.41. The van der Waals surface area contributed by atoms with Crippen molar-refractivity contribution < 1.29 is 4.74 Å². The summed E-state index contributed by atoms with van der Waals surface area (Å²) in [5, 5.41) is 6.72. The van der Waals surface area contributed by atoms with Crippen LogP contribution in [-0.2, 0) is 4.74 Å². The molecule has 0 aromatic rings. The quantitative estimate of drug-likeness (QED) is 0.423. The number of nitrogens with one attached hydrogen (secondary N) is 2. The molecule has 2 rings (SSSR count). The van der Waals surface area contributed by atoms with Gasteiger partial charge in [0.15, 0.2) is 5.96 Å². The van der Waals surface area contributed by atoms with Crippen LogP contribution in [0.5, 0.6) is 0 Å². The molecule has 2 saturated carbocycles.